The molecule has 0 bridgehead atoms. The SMILES string of the molecule is NC(=Nc1ccc(N)cc1)c1nonc1N. The zero-order chi connectivity index (χ0) is 11.5. The molecule has 2 aromatic rings. The first-order chi connectivity index (χ1) is 7.66. The van der Waals surface area contributed by atoms with Crippen molar-refractivity contribution in [2.75, 3.05) is 11.5 Å². The molecule has 0 saturated heterocycles. The summed E-state index contributed by atoms with van der Waals surface area (Å²) >= 11 is 0. The molecule has 0 aliphatic heterocycles. The molecule has 7 heteroatoms. The van der Waals surface area contributed by atoms with Crippen molar-refractivity contribution in [2.45, 2.75) is 0 Å². The highest BCUT2D eigenvalue weighted by Gasteiger charge is 2.10. The Morgan fingerprint density at radius 2 is 1.81 bits per heavy atom. The number of nitrogen functional groups attached to an aromatic ring is 2. The van der Waals surface area contributed by atoms with Gasteiger partial charge in [-0.1, -0.05) is 0 Å². The predicted molar refractivity (Wildman–Crippen MR) is 59.9 cm³/mol. The van der Waals surface area contributed by atoms with E-state index in [2.05, 4.69) is 19.9 Å². The van der Waals surface area contributed by atoms with Gasteiger partial charge in [0.1, 0.15) is 0 Å². The van der Waals surface area contributed by atoms with E-state index in [0.717, 1.165) is 0 Å². The number of aliphatic imine (C=N–C) groups is 1. The van der Waals surface area contributed by atoms with Gasteiger partial charge in [0, 0.05) is 5.69 Å². The van der Waals surface area contributed by atoms with Crippen LogP contribution in [0.15, 0.2) is 33.9 Å². The van der Waals surface area contributed by atoms with Gasteiger partial charge in [-0.05, 0) is 34.6 Å². The Kier molecular flexibility index (Phi) is 2.42. The lowest BCUT2D eigenvalue weighted by atomic mass is 10.3. The van der Waals surface area contributed by atoms with Crippen molar-refractivity contribution in [3.8, 4) is 0 Å². The number of hydrogen-bond acceptors (Lipinski definition) is 6. The van der Waals surface area contributed by atoms with Crippen LogP contribution in [0.4, 0.5) is 17.2 Å². The summed E-state index contributed by atoms with van der Waals surface area (Å²) in [7, 11) is 0. The number of nitrogens with zero attached hydrogens (tertiary/aromatic N) is 3. The molecule has 0 atom stereocenters. The number of aromatic nitrogens is 2. The number of benzene rings is 1. The molecule has 0 radical (unpaired) electrons. The highest BCUT2D eigenvalue weighted by Crippen LogP contribution is 2.15. The van der Waals surface area contributed by atoms with Gasteiger partial charge < -0.3 is 17.2 Å². The van der Waals surface area contributed by atoms with E-state index in [1.54, 1.807) is 24.3 Å². The molecular formula is C9H10N6O. The first kappa shape index (κ1) is 9.97. The van der Waals surface area contributed by atoms with Crippen LogP contribution in [0.2, 0.25) is 0 Å². The molecule has 0 aliphatic carbocycles. The summed E-state index contributed by atoms with van der Waals surface area (Å²) in [5, 5.41) is 6.94. The van der Waals surface area contributed by atoms with Gasteiger partial charge in [0.25, 0.3) is 0 Å². The van der Waals surface area contributed by atoms with Gasteiger partial charge in [0.2, 0.25) is 0 Å². The molecule has 6 N–H and O–H groups in total. The molecule has 0 spiro atoms. The third-order valence-corrected chi connectivity index (χ3v) is 1.90. The van der Waals surface area contributed by atoms with Crippen LogP contribution < -0.4 is 17.2 Å². The van der Waals surface area contributed by atoms with Crippen LogP contribution in [0.5, 0.6) is 0 Å². The van der Waals surface area contributed by atoms with Crippen LogP contribution in [-0.2, 0) is 0 Å². The summed E-state index contributed by atoms with van der Waals surface area (Å²) in [4.78, 5) is 4.10. The number of nitrogens with two attached hydrogens (primary N) is 3. The number of amidine groups is 1. The number of rotatable bonds is 2. The number of anilines is 2. The molecule has 0 saturated carbocycles. The van der Waals surface area contributed by atoms with Gasteiger partial charge in [-0.2, -0.15) is 0 Å². The molecule has 82 valence electrons. The number of hydrogen-bond donors (Lipinski definition) is 3. The second-order valence-corrected chi connectivity index (χ2v) is 3.09. The Morgan fingerprint density at radius 3 is 2.38 bits per heavy atom. The van der Waals surface area contributed by atoms with Gasteiger partial charge in [0.05, 0.1) is 5.69 Å². The maximum absolute atomic E-state index is 5.69. The third kappa shape index (κ3) is 1.92. The minimum Gasteiger partial charge on any atom is -0.399 e. The third-order valence-electron chi connectivity index (χ3n) is 1.90. The van der Waals surface area contributed by atoms with Crippen molar-refractivity contribution in [3.63, 3.8) is 0 Å². The summed E-state index contributed by atoms with van der Waals surface area (Å²) < 4.78 is 4.42. The second-order valence-electron chi connectivity index (χ2n) is 3.09. The first-order valence-electron chi connectivity index (χ1n) is 4.45. The Labute approximate surface area is 90.9 Å². The van der Waals surface area contributed by atoms with Crippen molar-refractivity contribution in [3.05, 3.63) is 30.0 Å². The fraction of sp³-hybridized carbons (Fsp3) is 0. The van der Waals surface area contributed by atoms with Crippen molar-refractivity contribution in [2.24, 2.45) is 10.7 Å². The van der Waals surface area contributed by atoms with E-state index < -0.39 is 0 Å². The van der Waals surface area contributed by atoms with Crippen molar-refractivity contribution in [1.82, 2.24) is 10.3 Å². The summed E-state index contributed by atoms with van der Waals surface area (Å²) in [6.45, 7) is 0. The summed E-state index contributed by atoms with van der Waals surface area (Å²) in [6.07, 6.45) is 0. The Bertz CT molecular complexity index is 515. The van der Waals surface area contributed by atoms with Gasteiger partial charge in [-0.25, -0.2) is 9.62 Å². The lowest BCUT2D eigenvalue weighted by molar-refractivity contribution is 0.308. The molecule has 0 amide bonds. The largest absolute Gasteiger partial charge is 0.399 e. The van der Waals surface area contributed by atoms with Crippen LogP contribution in [0.3, 0.4) is 0 Å². The molecule has 1 heterocycles. The van der Waals surface area contributed by atoms with Crippen LogP contribution >= 0.6 is 0 Å². The zero-order valence-electron chi connectivity index (χ0n) is 8.29. The molecule has 0 fully saturated rings. The zero-order valence-corrected chi connectivity index (χ0v) is 8.29. The van der Waals surface area contributed by atoms with E-state index in [4.69, 9.17) is 17.2 Å². The molecule has 16 heavy (non-hydrogen) atoms. The van der Waals surface area contributed by atoms with Crippen molar-refractivity contribution >= 4 is 23.0 Å². The minimum atomic E-state index is 0.108. The van der Waals surface area contributed by atoms with E-state index in [9.17, 15) is 0 Å². The maximum Gasteiger partial charge on any atom is 0.199 e. The minimum absolute atomic E-state index is 0.108. The quantitative estimate of drug-likeness (QED) is 0.377. The summed E-state index contributed by atoms with van der Waals surface area (Å²) in [5.41, 5.74) is 18.2. The average molecular weight is 218 g/mol. The monoisotopic (exact) mass is 218 g/mol. The second kappa shape index (κ2) is 3.89. The fourth-order valence-electron chi connectivity index (χ4n) is 1.11. The Hall–Kier alpha value is -2.57. The van der Waals surface area contributed by atoms with Gasteiger partial charge in [-0.3, -0.25) is 0 Å². The molecule has 0 aliphatic rings. The fourth-order valence-corrected chi connectivity index (χ4v) is 1.11. The van der Waals surface area contributed by atoms with E-state index in [-0.39, 0.29) is 17.3 Å². The van der Waals surface area contributed by atoms with Crippen LogP contribution in [0, 0.1) is 0 Å². The van der Waals surface area contributed by atoms with Crippen LogP contribution in [-0.4, -0.2) is 16.1 Å². The lowest BCUT2D eigenvalue weighted by Crippen LogP contribution is -2.15. The molecule has 0 unspecified atom stereocenters. The average Bonchev–Trinajstić information content (AvgIpc) is 2.68. The van der Waals surface area contributed by atoms with E-state index in [1.807, 2.05) is 0 Å². The normalized spacial score (nSPS) is 11.6. The maximum atomic E-state index is 5.69. The molecule has 2 rings (SSSR count). The molecule has 7 nitrogen and oxygen atoms in total. The van der Waals surface area contributed by atoms with Crippen molar-refractivity contribution < 1.29 is 4.63 Å². The summed E-state index contributed by atoms with van der Waals surface area (Å²) in [6, 6.07) is 6.89. The molecule has 1 aromatic carbocycles. The standard InChI is InChI=1S/C9H10N6O/c10-5-1-3-6(4-2-5)13-8(11)7-9(12)15-16-14-7/h1-4H,10H2,(H2,11,13)(H2,12,15). The topological polar surface area (TPSA) is 129 Å². The van der Waals surface area contributed by atoms with Crippen molar-refractivity contribution in [1.29, 1.82) is 0 Å². The van der Waals surface area contributed by atoms with Crippen LogP contribution in [0.1, 0.15) is 5.69 Å². The molecule has 1 aromatic heterocycles. The van der Waals surface area contributed by atoms with Gasteiger partial charge in [-0.15, -0.1) is 0 Å². The smallest absolute Gasteiger partial charge is 0.199 e. The lowest BCUT2D eigenvalue weighted by Gasteiger charge is -1.97. The van der Waals surface area contributed by atoms with E-state index in [0.29, 0.717) is 11.4 Å². The predicted octanol–water partition coefficient (Wildman–Crippen LogP) is 0.271. The van der Waals surface area contributed by atoms with Gasteiger partial charge >= 0.3 is 0 Å². The first-order valence-corrected chi connectivity index (χ1v) is 4.45. The molecular weight excluding hydrogens is 208 g/mol. The highest BCUT2D eigenvalue weighted by atomic mass is 16.6. The van der Waals surface area contributed by atoms with E-state index in [1.165, 1.54) is 0 Å². The highest BCUT2D eigenvalue weighted by molar-refractivity contribution is 6.00. The Balaban J connectivity index is 2.31. The van der Waals surface area contributed by atoms with Gasteiger partial charge in [0.15, 0.2) is 17.3 Å². The summed E-state index contributed by atoms with van der Waals surface area (Å²) in [5.74, 6) is 0.250. The Morgan fingerprint density at radius 1 is 1.12 bits per heavy atom. The van der Waals surface area contributed by atoms with Crippen LogP contribution in [0.25, 0.3) is 0 Å². The van der Waals surface area contributed by atoms with E-state index >= 15 is 0 Å².